The number of piperazine rings is 1. The summed E-state index contributed by atoms with van der Waals surface area (Å²) < 4.78 is 0. The van der Waals surface area contributed by atoms with Crippen LogP contribution in [0.5, 0.6) is 0 Å². The smallest absolute Gasteiger partial charge is 0.225 e. The van der Waals surface area contributed by atoms with E-state index in [0.717, 1.165) is 62.6 Å². The fourth-order valence-electron chi connectivity index (χ4n) is 3.96. The summed E-state index contributed by atoms with van der Waals surface area (Å²) in [5.74, 6) is 1.60. The molecule has 152 valence electrons. The van der Waals surface area contributed by atoms with Crippen LogP contribution in [0.25, 0.3) is 11.3 Å². The van der Waals surface area contributed by atoms with Crippen molar-refractivity contribution in [1.29, 1.82) is 0 Å². The predicted molar refractivity (Wildman–Crippen MR) is 117 cm³/mol. The van der Waals surface area contributed by atoms with Crippen molar-refractivity contribution in [2.45, 2.75) is 32.1 Å². The van der Waals surface area contributed by atoms with E-state index in [0.29, 0.717) is 5.95 Å². The van der Waals surface area contributed by atoms with E-state index in [1.165, 1.54) is 25.7 Å². The van der Waals surface area contributed by atoms with Gasteiger partial charge in [-0.1, -0.05) is 42.0 Å². The standard InChI is InChI=1S/C23H29N5O/c29-18-27-13-15-28(16-14-27)22-17-21(20-9-5-2-6-10-20)25-23(26-22)24-12-11-19-7-3-1-4-8-19/h2,5-7,9-10,17-18H,1,3-4,8,11-16H2,(H,24,25,26). The Balaban J connectivity index is 1.51. The number of carbonyl (C=O) groups is 1. The van der Waals surface area contributed by atoms with Crippen molar-refractivity contribution in [3.63, 3.8) is 0 Å². The molecule has 1 aromatic carbocycles. The molecule has 1 aliphatic carbocycles. The third kappa shape index (κ3) is 5.13. The fraction of sp³-hybridized carbons (Fsp3) is 0.435. The molecule has 6 heteroatoms. The molecule has 0 spiro atoms. The Labute approximate surface area is 172 Å². The maximum absolute atomic E-state index is 11.0. The minimum Gasteiger partial charge on any atom is -0.354 e. The van der Waals surface area contributed by atoms with Gasteiger partial charge in [0.05, 0.1) is 5.69 Å². The number of benzene rings is 1. The lowest BCUT2D eigenvalue weighted by molar-refractivity contribution is -0.118. The average Bonchev–Trinajstić information content (AvgIpc) is 2.80. The van der Waals surface area contributed by atoms with E-state index in [4.69, 9.17) is 9.97 Å². The number of nitrogens with zero attached hydrogens (tertiary/aromatic N) is 4. The van der Waals surface area contributed by atoms with Gasteiger partial charge in [0, 0.05) is 44.4 Å². The molecule has 1 amide bonds. The van der Waals surface area contributed by atoms with Gasteiger partial charge < -0.3 is 15.1 Å². The van der Waals surface area contributed by atoms with Gasteiger partial charge in [0.15, 0.2) is 0 Å². The molecule has 1 saturated heterocycles. The molecule has 0 unspecified atom stereocenters. The Morgan fingerprint density at radius 2 is 1.86 bits per heavy atom. The normalized spacial score (nSPS) is 17.0. The van der Waals surface area contributed by atoms with Gasteiger partial charge in [0.25, 0.3) is 0 Å². The minimum absolute atomic E-state index is 0.676. The van der Waals surface area contributed by atoms with Crippen LogP contribution in [0.2, 0.25) is 0 Å². The van der Waals surface area contributed by atoms with Crippen LogP contribution >= 0.6 is 0 Å². The van der Waals surface area contributed by atoms with Crippen LogP contribution in [-0.4, -0.2) is 54.0 Å². The molecule has 1 aromatic heterocycles. The molecule has 1 fully saturated rings. The Morgan fingerprint density at radius 1 is 1.03 bits per heavy atom. The van der Waals surface area contributed by atoms with Crippen LogP contribution in [0.1, 0.15) is 32.1 Å². The summed E-state index contributed by atoms with van der Waals surface area (Å²) in [7, 11) is 0. The maximum atomic E-state index is 11.0. The minimum atomic E-state index is 0.676. The van der Waals surface area contributed by atoms with Crippen LogP contribution in [0.15, 0.2) is 48.0 Å². The molecule has 2 aromatic rings. The van der Waals surface area contributed by atoms with Gasteiger partial charge in [0.2, 0.25) is 12.4 Å². The zero-order chi connectivity index (χ0) is 19.9. The van der Waals surface area contributed by atoms with Gasteiger partial charge in [-0.3, -0.25) is 4.79 Å². The van der Waals surface area contributed by atoms with Gasteiger partial charge in [-0.2, -0.15) is 4.98 Å². The van der Waals surface area contributed by atoms with Crippen LogP contribution in [0, 0.1) is 0 Å². The number of aromatic nitrogens is 2. The predicted octanol–water partition coefficient (Wildman–Crippen LogP) is 3.72. The number of nitrogens with one attached hydrogen (secondary N) is 1. The number of rotatable bonds is 7. The molecule has 29 heavy (non-hydrogen) atoms. The quantitative estimate of drug-likeness (QED) is 0.576. The van der Waals surface area contributed by atoms with Gasteiger partial charge >= 0.3 is 0 Å². The van der Waals surface area contributed by atoms with E-state index in [1.807, 2.05) is 23.1 Å². The molecule has 6 nitrogen and oxygen atoms in total. The van der Waals surface area contributed by atoms with Crippen LogP contribution in [0.3, 0.4) is 0 Å². The Kier molecular flexibility index (Phi) is 6.39. The molecule has 0 radical (unpaired) electrons. The lowest BCUT2D eigenvalue weighted by atomic mass is 9.97. The first-order chi connectivity index (χ1) is 14.3. The molecule has 0 bridgehead atoms. The second-order valence-electron chi connectivity index (χ2n) is 7.71. The first-order valence-electron chi connectivity index (χ1n) is 10.6. The van der Waals surface area contributed by atoms with Crippen molar-refractivity contribution in [3.8, 4) is 11.3 Å². The molecule has 2 heterocycles. The number of carbonyl (C=O) groups excluding carboxylic acids is 1. The van der Waals surface area contributed by atoms with Crippen LogP contribution in [0.4, 0.5) is 11.8 Å². The third-order valence-electron chi connectivity index (χ3n) is 5.68. The highest BCUT2D eigenvalue weighted by atomic mass is 16.1. The molecular formula is C23H29N5O. The van der Waals surface area contributed by atoms with Crippen LogP contribution in [-0.2, 0) is 4.79 Å². The number of hydrogen-bond donors (Lipinski definition) is 1. The first kappa shape index (κ1) is 19.4. The summed E-state index contributed by atoms with van der Waals surface area (Å²) in [6.45, 7) is 3.88. The Hall–Kier alpha value is -2.89. The van der Waals surface area contributed by atoms with E-state index in [-0.39, 0.29) is 0 Å². The largest absolute Gasteiger partial charge is 0.354 e. The zero-order valence-corrected chi connectivity index (χ0v) is 16.9. The lowest BCUT2D eigenvalue weighted by Gasteiger charge is -2.33. The zero-order valence-electron chi connectivity index (χ0n) is 16.9. The maximum Gasteiger partial charge on any atom is 0.225 e. The summed E-state index contributed by atoms with van der Waals surface area (Å²) in [6, 6.07) is 12.3. The van der Waals surface area contributed by atoms with E-state index in [2.05, 4.69) is 34.5 Å². The summed E-state index contributed by atoms with van der Waals surface area (Å²) >= 11 is 0. The Morgan fingerprint density at radius 3 is 2.59 bits per heavy atom. The van der Waals surface area contributed by atoms with Gasteiger partial charge in [0.1, 0.15) is 5.82 Å². The van der Waals surface area contributed by atoms with Gasteiger partial charge in [-0.25, -0.2) is 4.98 Å². The molecular weight excluding hydrogens is 362 g/mol. The lowest BCUT2D eigenvalue weighted by Crippen LogP contribution is -2.46. The molecule has 0 atom stereocenters. The van der Waals surface area contributed by atoms with E-state index < -0.39 is 0 Å². The van der Waals surface area contributed by atoms with Crippen molar-refractivity contribution < 1.29 is 4.79 Å². The molecule has 0 saturated carbocycles. The second-order valence-corrected chi connectivity index (χ2v) is 7.71. The molecule has 1 N–H and O–H groups in total. The summed E-state index contributed by atoms with van der Waals surface area (Å²) in [5, 5.41) is 3.45. The number of amides is 1. The Bertz CT molecular complexity index is 844. The van der Waals surface area contributed by atoms with Crippen molar-refractivity contribution in [2.24, 2.45) is 0 Å². The summed E-state index contributed by atoms with van der Waals surface area (Å²) in [6.07, 6.45) is 9.43. The summed E-state index contributed by atoms with van der Waals surface area (Å²) in [5.41, 5.74) is 3.56. The van der Waals surface area contributed by atoms with Crippen molar-refractivity contribution in [2.75, 3.05) is 42.9 Å². The first-order valence-corrected chi connectivity index (χ1v) is 10.6. The highest BCUT2D eigenvalue weighted by Gasteiger charge is 2.18. The highest BCUT2D eigenvalue weighted by molar-refractivity contribution is 5.65. The van der Waals surface area contributed by atoms with E-state index in [9.17, 15) is 4.79 Å². The van der Waals surface area contributed by atoms with Crippen molar-refractivity contribution >= 4 is 18.2 Å². The topological polar surface area (TPSA) is 61.4 Å². The van der Waals surface area contributed by atoms with Crippen molar-refractivity contribution in [3.05, 3.63) is 48.0 Å². The molecule has 2 aliphatic rings. The fourth-order valence-corrected chi connectivity index (χ4v) is 3.96. The molecule has 1 aliphatic heterocycles. The third-order valence-corrected chi connectivity index (χ3v) is 5.68. The van der Waals surface area contributed by atoms with Crippen LogP contribution < -0.4 is 10.2 Å². The average molecular weight is 392 g/mol. The van der Waals surface area contributed by atoms with Gasteiger partial charge in [-0.15, -0.1) is 0 Å². The second kappa shape index (κ2) is 9.54. The number of allylic oxidation sites excluding steroid dienone is 1. The number of hydrogen-bond acceptors (Lipinski definition) is 5. The monoisotopic (exact) mass is 391 g/mol. The SMILES string of the molecule is O=CN1CCN(c2cc(-c3ccccc3)nc(NCCC3=CCCCC3)n2)CC1. The van der Waals surface area contributed by atoms with Crippen molar-refractivity contribution in [1.82, 2.24) is 14.9 Å². The summed E-state index contributed by atoms with van der Waals surface area (Å²) in [4.78, 5) is 24.6. The molecule has 4 rings (SSSR count). The van der Waals surface area contributed by atoms with Gasteiger partial charge in [-0.05, 0) is 32.1 Å². The van der Waals surface area contributed by atoms with E-state index >= 15 is 0 Å². The number of anilines is 2. The van der Waals surface area contributed by atoms with E-state index in [1.54, 1.807) is 5.57 Å². The highest BCUT2D eigenvalue weighted by Crippen LogP contribution is 2.25.